The summed E-state index contributed by atoms with van der Waals surface area (Å²) in [7, 11) is 0. The molecule has 0 radical (unpaired) electrons. The molecule has 2 N–H and O–H groups in total. The average Bonchev–Trinajstić information content (AvgIpc) is 2.92. The monoisotopic (exact) mass is 304 g/mol. The van der Waals surface area contributed by atoms with Crippen LogP contribution in [0.2, 0.25) is 0 Å². The SMILES string of the molecule is CCOc1cccc2cc(CC(O)CN3CCNCC3)oc12. The summed E-state index contributed by atoms with van der Waals surface area (Å²) in [6.07, 6.45) is 0.124. The fourth-order valence-corrected chi connectivity index (χ4v) is 2.95. The lowest BCUT2D eigenvalue weighted by molar-refractivity contribution is 0.101. The van der Waals surface area contributed by atoms with Gasteiger partial charge in [0.15, 0.2) is 11.3 Å². The zero-order chi connectivity index (χ0) is 15.4. The third kappa shape index (κ3) is 3.61. The highest BCUT2D eigenvalue weighted by Crippen LogP contribution is 2.29. The van der Waals surface area contributed by atoms with E-state index < -0.39 is 6.10 Å². The Bertz CT molecular complexity index is 605. The second kappa shape index (κ2) is 7.13. The molecule has 0 aliphatic carbocycles. The Balaban J connectivity index is 1.66. The van der Waals surface area contributed by atoms with Gasteiger partial charge in [-0.25, -0.2) is 0 Å². The van der Waals surface area contributed by atoms with Crippen LogP contribution in [0.1, 0.15) is 12.7 Å². The van der Waals surface area contributed by atoms with E-state index in [9.17, 15) is 5.11 Å². The van der Waals surface area contributed by atoms with Crippen molar-refractivity contribution in [2.75, 3.05) is 39.3 Å². The Morgan fingerprint density at radius 2 is 2.18 bits per heavy atom. The van der Waals surface area contributed by atoms with Gasteiger partial charge in [0.1, 0.15) is 5.76 Å². The third-order valence-corrected chi connectivity index (χ3v) is 3.97. The zero-order valence-electron chi connectivity index (χ0n) is 13.0. The first kappa shape index (κ1) is 15.3. The van der Waals surface area contributed by atoms with Crippen molar-refractivity contribution in [2.24, 2.45) is 0 Å². The molecule has 1 aliphatic heterocycles. The zero-order valence-corrected chi connectivity index (χ0v) is 13.0. The summed E-state index contributed by atoms with van der Waals surface area (Å²) >= 11 is 0. The van der Waals surface area contributed by atoms with Crippen LogP contribution in [-0.4, -0.2) is 55.4 Å². The van der Waals surface area contributed by atoms with Crippen LogP contribution in [0.25, 0.3) is 11.0 Å². The first-order chi connectivity index (χ1) is 10.8. The summed E-state index contributed by atoms with van der Waals surface area (Å²) in [6, 6.07) is 7.88. The van der Waals surface area contributed by atoms with Gasteiger partial charge < -0.3 is 19.6 Å². The highest BCUT2D eigenvalue weighted by atomic mass is 16.5. The fraction of sp³-hybridized carbons (Fsp3) is 0.529. The van der Waals surface area contributed by atoms with E-state index in [2.05, 4.69) is 10.2 Å². The number of furan rings is 1. The fourth-order valence-electron chi connectivity index (χ4n) is 2.95. The number of aliphatic hydroxyl groups is 1. The Labute approximate surface area is 130 Å². The maximum absolute atomic E-state index is 10.3. The number of piperazine rings is 1. The van der Waals surface area contributed by atoms with Crippen molar-refractivity contribution in [2.45, 2.75) is 19.4 Å². The molecule has 1 saturated heterocycles. The van der Waals surface area contributed by atoms with Crippen molar-refractivity contribution < 1.29 is 14.3 Å². The highest BCUT2D eigenvalue weighted by Gasteiger charge is 2.17. The summed E-state index contributed by atoms with van der Waals surface area (Å²) in [6.45, 7) is 7.24. The van der Waals surface area contributed by atoms with Crippen molar-refractivity contribution in [3.05, 3.63) is 30.0 Å². The number of benzene rings is 1. The van der Waals surface area contributed by atoms with Crippen molar-refractivity contribution in [1.29, 1.82) is 0 Å². The van der Waals surface area contributed by atoms with Crippen LogP contribution >= 0.6 is 0 Å². The van der Waals surface area contributed by atoms with Crippen LogP contribution < -0.4 is 10.1 Å². The lowest BCUT2D eigenvalue weighted by Crippen LogP contribution is -2.46. The first-order valence-corrected chi connectivity index (χ1v) is 8.01. The van der Waals surface area contributed by atoms with E-state index in [1.54, 1.807) is 0 Å². The lowest BCUT2D eigenvalue weighted by Gasteiger charge is -2.28. The minimum atomic E-state index is -0.408. The number of nitrogens with zero attached hydrogens (tertiary/aromatic N) is 1. The summed E-state index contributed by atoms with van der Waals surface area (Å²) in [5.74, 6) is 1.58. The molecule has 0 saturated carbocycles. The van der Waals surface area contributed by atoms with Crippen molar-refractivity contribution in [3.63, 3.8) is 0 Å². The van der Waals surface area contributed by atoms with E-state index in [-0.39, 0.29) is 0 Å². The topological polar surface area (TPSA) is 57.9 Å². The molecule has 3 rings (SSSR count). The van der Waals surface area contributed by atoms with E-state index in [4.69, 9.17) is 9.15 Å². The Morgan fingerprint density at radius 3 is 2.95 bits per heavy atom. The quantitative estimate of drug-likeness (QED) is 0.850. The second-order valence-corrected chi connectivity index (χ2v) is 5.73. The molecular weight excluding hydrogens is 280 g/mol. The second-order valence-electron chi connectivity index (χ2n) is 5.73. The van der Waals surface area contributed by atoms with Gasteiger partial charge in [-0.05, 0) is 19.1 Å². The van der Waals surface area contributed by atoms with E-state index in [1.807, 2.05) is 31.2 Å². The molecule has 0 amide bonds. The molecule has 1 aliphatic rings. The summed E-state index contributed by atoms with van der Waals surface area (Å²) in [5, 5.41) is 14.6. The molecule has 22 heavy (non-hydrogen) atoms. The van der Waals surface area contributed by atoms with Crippen molar-refractivity contribution in [1.82, 2.24) is 10.2 Å². The van der Waals surface area contributed by atoms with Crippen LogP contribution in [0.5, 0.6) is 5.75 Å². The highest BCUT2D eigenvalue weighted by molar-refractivity contribution is 5.83. The number of fused-ring (bicyclic) bond motifs is 1. The number of rotatable bonds is 6. The minimum Gasteiger partial charge on any atom is -0.490 e. The predicted octanol–water partition coefficient (Wildman–Crippen LogP) is 1.64. The number of β-amino-alcohol motifs (C(OH)–C–C–N with tert-alkyl or cyclic N) is 1. The van der Waals surface area contributed by atoms with E-state index in [1.165, 1.54) is 0 Å². The van der Waals surface area contributed by atoms with E-state index in [0.29, 0.717) is 19.6 Å². The Kier molecular flexibility index (Phi) is 4.97. The molecule has 1 fully saturated rings. The number of hydrogen-bond donors (Lipinski definition) is 2. The van der Waals surface area contributed by atoms with Crippen LogP contribution in [0, 0.1) is 0 Å². The minimum absolute atomic E-state index is 0.408. The number of aliphatic hydroxyl groups excluding tert-OH is 1. The lowest BCUT2D eigenvalue weighted by atomic mass is 10.1. The Morgan fingerprint density at radius 1 is 1.36 bits per heavy atom. The van der Waals surface area contributed by atoms with Crippen LogP contribution in [0.15, 0.2) is 28.7 Å². The maximum atomic E-state index is 10.3. The summed E-state index contributed by atoms with van der Waals surface area (Å²) in [5.41, 5.74) is 0.772. The number of para-hydroxylation sites is 1. The van der Waals surface area contributed by atoms with Gasteiger partial charge in [-0.3, -0.25) is 4.90 Å². The molecule has 0 spiro atoms. The van der Waals surface area contributed by atoms with Crippen LogP contribution in [-0.2, 0) is 6.42 Å². The predicted molar refractivity (Wildman–Crippen MR) is 86.4 cm³/mol. The molecule has 2 aromatic rings. The smallest absolute Gasteiger partial charge is 0.176 e. The maximum Gasteiger partial charge on any atom is 0.176 e. The van der Waals surface area contributed by atoms with E-state index in [0.717, 1.165) is 48.7 Å². The molecule has 120 valence electrons. The van der Waals surface area contributed by atoms with Crippen molar-refractivity contribution >= 4 is 11.0 Å². The van der Waals surface area contributed by atoms with Gasteiger partial charge in [0.2, 0.25) is 0 Å². The van der Waals surface area contributed by atoms with E-state index >= 15 is 0 Å². The molecule has 0 bridgehead atoms. The standard InChI is InChI=1S/C17H24N2O3/c1-2-21-16-5-3-4-13-10-15(22-17(13)16)11-14(20)12-19-8-6-18-7-9-19/h3-5,10,14,18,20H,2,6-9,11-12H2,1H3. The first-order valence-electron chi connectivity index (χ1n) is 8.01. The van der Waals surface area contributed by atoms with Crippen LogP contribution in [0.3, 0.4) is 0 Å². The van der Waals surface area contributed by atoms with Crippen LogP contribution in [0.4, 0.5) is 0 Å². The molecule has 5 heteroatoms. The normalized spacial score (nSPS) is 17.7. The molecule has 2 heterocycles. The molecule has 1 unspecified atom stereocenters. The third-order valence-electron chi connectivity index (χ3n) is 3.97. The number of ether oxygens (including phenoxy) is 1. The van der Waals surface area contributed by atoms with Gasteiger partial charge >= 0.3 is 0 Å². The molecule has 5 nitrogen and oxygen atoms in total. The average molecular weight is 304 g/mol. The Hall–Kier alpha value is -1.56. The van der Waals surface area contributed by atoms with Gasteiger partial charge in [-0.2, -0.15) is 0 Å². The molecule has 1 atom stereocenters. The van der Waals surface area contributed by atoms with Crippen molar-refractivity contribution in [3.8, 4) is 5.75 Å². The number of nitrogens with one attached hydrogen (secondary N) is 1. The number of hydrogen-bond acceptors (Lipinski definition) is 5. The van der Waals surface area contributed by atoms with Gasteiger partial charge in [0, 0.05) is 44.5 Å². The van der Waals surface area contributed by atoms with Gasteiger partial charge in [-0.15, -0.1) is 0 Å². The summed E-state index contributed by atoms with van der Waals surface area (Å²) in [4.78, 5) is 2.29. The molecule has 1 aromatic heterocycles. The molecule has 1 aromatic carbocycles. The summed E-state index contributed by atoms with van der Waals surface area (Å²) < 4.78 is 11.5. The van der Waals surface area contributed by atoms with Gasteiger partial charge in [-0.1, -0.05) is 12.1 Å². The molecular formula is C17H24N2O3. The van der Waals surface area contributed by atoms with Gasteiger partial charge in [0.05, 0.1) is 12.7 Å². The van der Waals surface area contributed by atoms with Gasteiger partial charge in [0.25, 0.3) is 0 Å². The largest absolute Gasteiger partial charge is 0.490 e.